The quantitative estimate of drug-likeness (QED) is 0.317. The van der Waals surface area contributed by atoms with Gasteiger partial charge in [0.2, 0.25) is 0 Å². The second-order valence-electron chi connectivity index (χ2n) is 10.4. The van der Waals surface area contributed by atoms with Crippen molar-refractivity contribution < 1.29 is 14.2 Å². The number of ether oxygens (including phenoxy) is 3. The van der Waals surface area contributed by atoms with Crippen LogP contribution < -0.4 is 0 Å². The maximum absolute atomic E-state index is 5.19. The molecule has 0 aliphatic rings. The summed E-state index contributed by atoms with van der Waals surface area (Å²) >= 11 is 0. The molecule has 0 atom stereocenters. The Bertz CT molecular complexity index is 239. The normalized spacial score (nSPS) is 9.53. The first kappa shape index (κ1) is 50.7. The van der Waals surface area contributed by atoms with Crippen LogP contribution in [0.3, 0.4) is 0 Å². The third kappa shape index (κ3) is 158. The number of hydrogen-bond acceptors (Lipinski definition) is 3. The van der Waals surface area contributed by atoms with Crippen molar-refractivity contribution in [3.8, 4) is 0 Å². The molecule has 0 aromatic heterocycles. The van der Waals surface area contributed by atoms with Gasteiger partial charge in [-0.25, -0.2) is 0 Å². The molecule has 0 saturated carbocycles. The van der Waals surface area contributed by atoms with E-state index in [2.05, 4.69) is 83.1 Å². The summed E-state index contributed by atoms with van der Waals surface area (Å²) in [6.45, 7) is 37.9. The van der Waals surface area contributed by atoms with E-state index in [9.17, 15) is 0 Å². The highest BCUT2D eigenvalue weighted by Crippen LogP contribution is 2.00. The zero-order chi connectivity index (χ0) is 27.8. The van der Waals surface area contributed by atoms with Crippen molar-refractivity contribution >= 4 is 0 Å². The predicted molar refractivity (Wildman–Crippen MR) is 162 cm³/mol. The Balaban J connectivity index is -0.0000000516. The minimum atomic E-state index is 0. The molecule has 0 spiro atoms. The molecule has 0 fully saturated rings. The molecule has 3 heteroatoms. The van der Waals surface area contributed by atoms with E-state index < -0.39 is 0 Å². The van der Waals surface area contributed by atoms with E-state index in [-0.39, 0.29) is 7.43 Å². The Morgan fingerprint density at radius 2 is 0.853 bits per heavy atom. The van der Waals surface area contributed by atoms with Gasteiger partial charge in [-0.05, 0) is 72.6 Å². The molecule has 0 radical (unpaired) electrons. The summed E-state index contributed by atoms with van der Waals surface area (Å²) in [5.41, 5.74) is 0. The fourth-order valence-corrected chi connectivity index (χ4v) is 1.26. The van der Waals surface area contributed by atoms with E-state index in [4.69, 9.17) is 14.2 Å². The monoisotopic (exact) mass is 497 g/mol. The lowest BCUT2D eigenvalue weighted by Gasteiger charge is -2.03. The maximum atomic E-state index is 5.19. The fourth-order valence-electron chi connectivity index (χ4n) is 1.26. The van der Waals surface area contributed by atoms with Crippen molar-refractivity contribution in [2.45, 2.75) is 169 Å². The Labute approximate surface area is 221 Å². The number of methoxy groups -OCH3 is 1. The predicted octanol–water partition coefficient (Wildman–Crippen LogP) is 11.1. The lowest BCUT2D eigenvalue weighted by atomic mass is 10.1. The van der Waals surface area contributed by atoms with Crippen LogP contribution in [0.4, 0.5) is 0 Å². The summed E-state index contributed by atoms with van der Waals surface area (Å²) in [6, 6.07) is 0. The van der Waals surface area contributed by atoms with E-state index in [1.165, 1.54) is 19.3 Å². The first-order valence-corrected chi connectivity index (χ1v) is 13.8. The molecule has 3 nitrogen and oxygen atoms in total. The Morgan fingerprint density at radius 1 is 0.529 bits per heavy atom. The van der Waals surface area contributed by atoms with Crippen LogP contribution in [0.5, 0.6) is 0 Å². The van der Waals surface area contributed by atoms with E-state index in [1.807, 2.05) is 34.6 Å². The van der Waals surface area contributed by atoms with Gasteiger partial charge in [-0.1, -0.05) is 95.9 Å². The second kappa shape index (κ2) is 46.2. The SMILES string of the molecule is C.CC(C)C.CCC(C)C.CCCC(C)C.CCCOC(C)C.CCOC(C)C.COC(C)C. The zero-order valence-corrected chi connectivity index (χ0v) is 26.9. The summed E-state index contributed by atoms with van der Waals surface area (Å²) in [5.74, 6) is 2.62. The van der Waals surface area contributed by atoms with Crippen LogP contribution >= 0.6 is 0 Å². The van der Waals surface area contributed by atoms with Gasteiger partial charge in [-0.15, -0.1) is 0 Å². The molecule has 0 unspecified atom stereocenters. The van der Waals surface area contributed by atoms with Crippen molar-refractivity contribution in [1.29, 1.82) is 0 Å². The lowest BCUT2D eigenvalue weighted by Crippen LogP contribution is -2.01. The minimum absolute atomic E-state index is 0. The topological polar surface area (TPSA) is 27.7 Å². The van der Waals surface area contributed by atoms with E-state index in [1.54, 1.807) is 7.11 Å². The summed E-state index contributed by atoms with van der Waals surface area (Å²) < 4.78 is 15.0. The van der Waals surface area contributed by atoms with Crippen molar-refractivity contribution in [3.63, 3.8) is 0 Å². The van der Waals surface area contributed by atoms with Gasteiger partial charge in [0.05, 0.1) is 18.3 Å². The fraction of sp³-hybridized carbons (Fsp3) is 1.00. The molecule has 0 bridgehead atoms. The van der Waals surface area contributed by atoms with Crippen LogP contribution in [-0.4, -0.2) is 38.6 Å². The van der Waals surface area contributed by atoms with Gasteiger partial charge in [0.15, 0.2) is 0 Å². The largest absolute Gasteiger partial charge is 0.382 e. The van der Waals surface area contributed by atoms with E-state index >= 15 is 0 Å². The van der Waals surface area contributed by atoms with Gasteiger partial charge in [-0.2, -0.15) is 0 Å². The molecule has 0 aliphatic carbocycles. The van der Waals surface area contributed by atoms with Gasteiger partial charge >= 0.3 is 0 Å². The number of hydrogen-bond donors (Lipinski definition) is 0. The molecule has 0 aromatic rings. The molecule has 0 rings (SSSR count). The van der Waals surface area contributed by atoms with E-state index in [0.717, 1.165) is 37.4 Å². The molecular formula is C31H76O3. The summed E-state index contributed by atoms with van der Waals surface area (Å²) in [5, 5.41) is 0. The maximum Gasteiger partial charge on any atom is 0.0518 e. The van der Waals surface area contributed by atoms with Crippen molar-refractivity contribution in [3.05, 3.63) is 0 Å². The van der Waals surface area contributed by atoms with Gasteiger partial charge in [0.25, 0.3) is 0 Å². The standard InChI is InChI=1S/C6H14O.C6H14.C5H12O.C5H12.C4H10O.C4H10.CH4/c1-4-5-7-6(2)3;1-4-5-6(2)3;1-4-6-5(2)3;1-4-5(2)3;1-4(2)5-3;1-4(2)3;/h6H,4-5H2,1-3H3;6H,4-5H2,1-3H3;5H,4H2,1-3H3;5H,4H2,1-3H3;4H,1-3H3;4H,1-3H3;1H4. The molecule has 0 aliphatic heterocycles. The molecule has 0 amide bonds. The Kier molecular flexibility index (Phi) is 69.0. The van der Waals surface area contributed by atoms with E-state index in [0.29, 0.717) is 18.3 Å². The highest BCUT2D eigenvalue weighted by Gasteiger charge is 1.87. The van der Waals surface area contributed by atoms with Crippen LogP contribution in [0.2, 0.25) is 0 Å². The first-order valence-electron chi connectivity index (χ1n) is 13.8. The molecule has 34 heavy (non-hydrogen) atoms. The van der Waals surface area contributed by atoms with Crippen LogP contribution in [-0.2, 0) is 14.2 Å². The molecule has 0 N–H and O–H groups in total. The van der Waals surface area contributed by atoms with Crippen molar-refractivity contribution in [2.24, 2.45) is 17.8 Å². The molecule has 0 saturated heterocycles. The van der Waals surface area contributed by atoms with Crippen LogP contribution in [0.1, 0.15) is 151 Å². The van der Waals surface area contributed by atoms with Crippen molar-refractivity contribution in [1.82, 2.24) is 0 Å². The molecular weight excluding hydrogens is 420 g/mol. The molecule has 0 heterocycles. The third-order valence-electron chi connectivity index (χ3n) is 3.31. The average molecular weight is 497 g/mol. The molecule has 218 valence electrons. The summed E-state index contributed by atoms with van der Waals surface area (Å²) in [6.07, 6.45) is 6.32. The number of rotatable bonds is 9. The minimum Gasteiger partial charge on any atom is -0.382 e. The van der Waals surface area contributed by atoms with Gasteiger partial charge < -0.3 is 14.2 Å². The first-order chi connectivity index (χ1) is 15.1. The zero-order valence-electron chi connectivity index (χ0n) is 26.9. The highest BCUT2D eigenvalue weighted by molar-refractivity contribution is 4.39. The van der Waals surface area contributed by atoms with Gasteiger partial charge in [0, 0.05) is 20.3 Å². The van der Waals surface area contributed by atoms with Crippen LogP contribution in [0.25, 0.3) is 0 Å². The molecule has 0 aromatic carbocycles. The van der Waals surface area contributed by atoms with Gasteiger partial charge in [0.1, 0.15) is 0 Å². The highest BCUT2D eigenvalue weighted by atomic mass is 16.5. The van der Waals surface area contributed by atoms with Crippen molar-refractivity contribution in [2.75, 3.05) is 20.3 Å². The van der Waals surface area contributed by atoms with Gasteiger partial charge in [-0.3, -0.25) is 0 Å². The third-order valence-corrected chi connectivity index (χ3v) is 3.31. The Hall–Kier alpha value is -0.120. The lowest BCUT2D eigenvalue weighted by molar-refractivity contribution is 0.0794. The van der Waals surface area contributed by atoms with Crippen LogP contribution in [0, 0.1) is 17.8 Å². The second-order valence-corrected chi connectivity index (χ2v) is 10.4. The summed E-state index contributed by atoms with van der Waals surface area (Å²) in [4.78, 5) is 0. The smallest absolute Gasteiger partial charge is 0.0518 e. The average Bonchev–Trinajstić information content (AvgIpc) is 2.67. The summed E-state index contributed by atoms with van der Waals surface area (Å²) in [7, 11) is 1.70. The van der Waals surface area contributed by atoms with Crippen LogP contribution in [0.15, 0.2) is 0 Å². The Morgan fingerprint density at radius 3 is 0.882 bits per heavy atom.